The summed E-state index contributed by atoms with van der Waals surface area (Å²) < 4.78 is 34.0. The number of esters is 3. The van der Waals surface area contributed by atoms with E-state index >= 15 is 0 Å². The van der Waals surface area contributed by atoms with Crippen LogP contribution >= 0.6 is 0 Å². The van der Waals surface area contributed by atoms with E-state index in [-0.39, 0.29) is 31.6 Å². The van der Waals surface area contributed by atoms with E-state index < -0.39 is 165 Å². The van der Waals surface area contributed by atoms with Gasteiger partial charge in [-0.2, -0.15) is 0 Å². The average molecular weight is 1040 g/mol. The predicted octanol–water partition coefficient (Wildman–Crippen LogP) is 1.72. The highest BCUT2D eigenvalue weighted by Gasteiger charge is 2.51. The van der Waals surface area contributed by atoms with Crippen LogP contribution in [0.4, 0.5) is 0 Å². The van der Waals surface area contributed by atoms with E-state index in [0.29, 0.717) is 0 Å². The molecule has 0 aliphatic carbocycles. The fourth-order valence-electron chi connectivity index (χ4n) is 8.41. The van der Waals surface area contributed by atoms with Gasteiger partial charge in [0.1, 0.15) is 18.1 Å². The van der Waals surface area contributed by atoms with Crippen molar-refractivity contribution in [3.05, 3.63) is 85.1 Å². The summed E-state index contributed by atoms with van der Waals surface area (Å²) in [6.07, 6.45) is 2.89. The number of aliphatic hydroxyl groups is 10. The second-order valence-electron chi connectivity index (χ2n) is 20.5. The summed E-state index contributed by atoms with van der Waals surface area (Å²) in [7, 11) is 0. The normalized spacial score (nSPS) is 41.9. The van der Waals surface area contributed by atoms with Gasteiger partial charge in [-0.1, -0.05) is 98.9 Å². The zero-order chi connectivity index (χ0) is 54.6. The Morgan fingerprint density at radius 1 is 0.671 bits per heavy atom. The Hall–Kier alpha value is -3.97. The van der Waals surface area contributed by atoms with E-state index in [1.54, 1.807) is 108 Å². The molecule has 0 aromatic heterocycles. The van der Waals surface area contributed by atoms with Gasteiger partial charge in [-0.15, -0.1) is 0 Å². The Morgan fingerprint density at radius 3 is 1.84 bits per heavy atom. The third-order valence-corrected chi connectivity index (χ3v) is 13.0. The molecule has 0 amide bonds. The van der Waals surface area contributed by atoms with Gasteiger partial charge in [0.2, 0.25) is 6.79 Å². The molecule has 3 aliphatic heterocycles. The molecule has 2 saturated heterocycles. The van der Waals surface area contributed by atoms with E-state index in [9.17, 15) is 65.4 Å². The van der Waals surface area contributed by atoms with Gasteiger partial charge in [-0.05, 0) is 53.9 Å². The van der Waals surface area contributed by atoms with Crippen LogP contribution in [0.2, 0.25) is 0 Å². The van der Waals surface area contributed by atoms with Gasteiger partial charge < -0.3 is 85.2 Å². The van der Waals surface area contributed by atoms with Gasteiger partial charge in [0.25, 0.3) is 0 Å². The smallest absolute Gasteiger partial charge is 0.317 e. The molecule has 20 heteroatoms. The van der Waals surface area contributed by atoms with E-state index in [2.05, 4.69) is 0 Å². The van der Waals surface area contributed by atoms with Gasteiger partial charge in [0, 0.05) is 37.5 Å². The number of hydrogen-bond donors (Lipinski definition) is 11. The van der Waals surface area contributed by atoms with Crippen molar-refractivity contribution in [2.75, 3.05) is 6.79 Å². The van der Waals surface area contributed by atoms with Crippen LogP contribution in [0, 0.1) is 23.2 Å². The number of carbonyl (C=O) groups excluding carboxylic acids is 3. The van der Waals surface area contributed by atoms with Crippen LogP contribution in [0.1, 0.15) is 99.8 Å². The molecule has 19 atom stereocenters. The lowest BCUT2D eigenvalue weighted by Gasteiger charge is -2.45. The number of nitrogens with two attached hydrogens (primary N) is 1. The number of cyclic esters (lactones) is 1. The number of ether oxygens (including phenoxy) is 6. The number of allylic oxidation sites excluding steroid dienone is 12. The first-order valence-corrected chi connectivity index (χ1v) is 25.0. The van der Waals surface area contributed by atoms with Crippen molar-refractivity contribution < 1.29 is 93.9 Å². The average Bonchev–Trinajstić information content (AvgIpc) is 3.29. The summed E-state index contributed by atoms with van der Waals surface area (Å²) >= 11 is 0. The molecule has 3 aliphatic rings. The number of hydrogen-bond acceptors (Lipinski definition) is 20. The van der Waals surface area contributed by atoms with E-state index in [0.717, 1.165) is 0 Å². The highest BCUT2D eigenvalue weighted by Crippen LogP contribution is 2.39. The van der Waals surface area contributed by atoms with Crippen LogP contribution in [0.3, 0.4) is 0 Å². The molecule has 9 unspecified atom stereocenters. The highest BCUT2D eigenvalue weighted by atomic mass is 16.7. The van der Waals surface area contributed by atoms with Crippen molar-refractivity contribution in [1.82, 2.24) is 0 Å². The SMILES string of the molecule is CC1OC(O[C@H]2/C=C/C=C/C=C/C=C/C=C/C=C/C=C/C(C)[C@@H](O)C(C)C(C)OC(=O)C[C@H](O)C[C@H](O)CC[C@@H](O)[C@H](O)C[C@H](O)C[C@]3(O)CC(O)[C@@H](C(=O)OCOC(=O)C(C)(C)C)[C@H](C2)O3)C(O)C(N)C1O. The summed E-state index contributed by atoms with van der Waals surface area (Å²) in [6, 6.07) is -1.18. The summed E-state index contributed by atoms with van der Waals surface area (Å²) in [4.78, 5) is 38.8. The quantitative estimate of drug-likeness (QED) is 0.138. The molecule has 414 valence electrons. The topological polar surface area (TPSA) is 335 Å². The van der Waals surface area contributed by atoms with Crippen molar-refractivity contribution in [3.63, 3.8) is 0 Å². The number of rotatable bonds is 5. The van der Waals surface area contributed by atoms with Gasteiger partial charge in [-0.25, -0.2) is 0 Å². The standard InChI is InChI=1S/C53H83NO19/c1-31-20-18-16-14-12-10-8-9-11-13-15-17-19-21-38(72-50-48(64)45(54)47(63)34(4)71-50)27-42-44(49(65)68-30-69-51(66)52(5,6)7)41(60)29-53(67,73-42)28-37(57)25-40(59)39(58)23-22-35(55)24-36(56)26-43(61)70-33(3)32(2)46(31)62/h8-21,31-42,44-48,50,55-60,62-64,67H,22-30,54H2,1-7H3/b9-8+,12-10+,13-11+,16-14+,17-15+,20-18+,21-19+/t31?,32?,33?,34?,35-,36-,37+,38+,39-,40-,41?,42+,44-,45?,46-,47?,48?,50?,53-/m1/s1. The fourth-order valence-corrected chi connectivity index (χ4v) is 8.41. The van der Waals surface area contributed by atoms with E-state index in [1.165, 1.54) is 13.0 Å². The molecular weight excluding hydrogens is 955 g/mol. The van der Waals surface area contributed by atoms with Gasteiger partial charge >= 0.3 is 17.9 Å². The van der Waals surface area contributed by atoms with Gasteiger partial charge in [0.05, 0.1) is 85.0 Å². The van der Waals surface area contributed by atoms with Crippen molar-refractivity contribution >= 4 is 17.9 Å². The van der Waals surface area contributed by atoms with Crippen LogP contribution in [-0.2, 0) is 42.8 Å². The summed E-state index contributed by atoms with van der Waals surface area (Å²) in [5, 5.41) is 110. The van der Waals surface area contributed by atoms with Crippen LogP contribution in [0.15, 0.2) is 85.1 Å². The van der Waals surface area contributed by atoms with Crippen molar-refractivity contribution in [2.24, 2.45) is 28.9 Å². The maximum Gasteiger partial charge on any atom is 0.317 e. The zero-order valence-electron chi connectivity index (χ0n) is 43.1. The maximum atomic E-state index is 13.7. The molecule has 0 spiro atoms. The maximum absolute atomic E-state index is 13.7. The van der Waals surface area contributed by atoms with Gasteiger partial charge in [0.15, 0.2) is 12.1 Å². The zero-order valence-corrected chi connectivity index (χ0v) is 43.1. The van der Waals surface area contributed by atoms with E-state index in [4.69, 9.17) is 34.2 Å². The summed E-state index contributed by atoms with van der Waals surface area (Å²) in [5.74, 6) is -7.19. The first-order valence-electron chi connectivity index (χ1n) is 25.0. The molecule has 2 fully saturated rings. The molecule has 0 saturated carbocycles. The Morgan fingerprint density at radius 2 is 1.25 bits per heavy atom. The molecule has 20 nitrogen and oxygen atoms in total. The summed E-state index contributed by atoms with van der Waals surface area (Å²) in [6.45, 7) is 10.7. The predicted molar refractivity (Wildman–Crippen MR) is 266 cm³/mol. The minimum atomic E-state index is -2.38. The Kier molecular flexibility index (Phi) is 26.5. The monoisotopic (exact) mass is 1040 g/mol. The fraction of sp³-hybridized carbons (Fsp3) is 0.679. The second-order valence-corrected chi connectivity index (χ2v) is 20.5. The largest absolute Gasteiger partial charge is 0.462 e. The minimum Gasteiger partial charge on any atom is -0.462 e. The van der Waals surface area contributed by atoms with Crippen LogP contribution in [0.25, 0.3) is 0 Å². The van der Waals surface area contributed by atoms with Gasteiger partial charge in [-0.3, -0.25) is 14.4 Å². The van der Waals surface area contributed by atoms with Crippen LogP contribution in [-0.4, -0.2) is 173 Å². The Labute approximate surface area is 428 Å². The number of fused-ring (bicyclic) bond motifs is 2. The molecule has 0 radical (unpaired) electrons. The Balaban J connectivity index is 1.95. The van der Waals surface area contributed by atoms with Crippen molar-refractivity contribution in [1.29, 1.82) is 0 Å². The third-order valence-electron chi connectivity index (χ3n) is 13.0. The molecule has 0 aromatic rings. The molecule has 0 aromatic carbocycles. The molecule has 2 bridgehead atoms. The van der Waals surface area contributed by atoms with E-state index in [1.807, 2.05) is 13.0 Å². The molecule has 12 N–H and O–H groups in total. The number of carbonyl (C=O) groups is 3. The van der Waals surface area contributed by atoms with Crippen molar-refractivity contribution in [2.45, 2.75) is 197 Å². The highest BCUT2D eigenvalue weighted by molar-refractivity contribution is 5.76. The Bertz CT molecular complexity index is 1910. The molecule has 3 rings (SSSR count). The lowest BCUT2D eigenvalue weighted by atomic mass is 9.82. The lowest BCUT2D eigenvalue weighted by Crippen LogP contribution is -2.61. The molecule has 3 heterocycles. The minimum absolute atomic E-state index is 0.125. The molecular formula is C53H83NO19. The first-order chi connectivity index (χ1) is 34.2. The third kappa shape index (κ3) is 21.7. The summed E-state index contributed by atoms with van der Waals surface area (Å²) in [5.41, 5.74) is 5.16. The molecule has 73 heavy (non-hydrogen) atoms. The number of aliphatic hydroxyl groups excluding tert-OH is 9. The van der Waals surface area contributed by atoms with Crippen molar-refractivity contribution in [3.8, 4) is 0 Å². The van der Waals surface area contributed by atoms with Crippen LogP contribution in [0.5, 0.6) is 0 Å². The lowest BCUT2D eigenvalue weighted by molar-refractivity contribution is -0.309. The second kappa shape index (κ2) is 30.5. The first kappa shape index (κ1) is 63.3. The van der Waals surface area contributed by atoms with Crippen LogP contribution < -0.4 is 5.73 Å².